The van der Waals surface area contributed by atoms with Crippen molar-refractivity contribution >= 4 is 17.6 Å². The molecule has 0 radical (unpaired) electrons. The molecule has 1 aromatic carbocycles. The van der Waals surface area contributed by atoms with Crippen molar-refractivity contribution in [2.75, 3.05) is 6.67 Å². The zero-order chi connectivity index (χ0) is 13.1. The number of halogens is 1. The minimum atomic E-state index is 0.580. The number of nitrogens with zero attached hydrogens (tertiary/aromatic N) is 1. The maximum Gasteiger partial charge on any atom is 0.207 e. The van der Waals surface area contributed by atoms with Crippen LogP contribution in [0.1, 0.15) is 5.76 Å². The lowest BCUT2D eigenvalue weighted by atomic mass is 10.2. The van der Waals surface area contributed by atoms with Crippen LogP contribution in [-0.2, 0) is 6.54 Å². The second kappa shape index (κ2) is 5.34. The van der Waals surface area contributed by atoms with Crippen LogP contribution in [0.15, 0.2) is 45.8 Å². The highest BCUT2D eigenvalue weighted by Gasteiger charge is 2.07. The molecule has 1 aliphatic heterocycles. The van der Waals surface area contributed by atoms with E-state index in [4.69, 9.17) is 16.0 Å². The van der Waals surface area contributed by atoms with Gasteiger partial charge in [-0.15, -0.1) is 0 Å². The summed E-state index contributed by atoms with van der Waals surface area (Å²) in [4.78, 5) is 4.15. The van der Waals surface area contributed by atoms with Crippen molar-refractivity contribution in [1.29, 1.82) is 0 Å². The van der Waals surface area contributed by atoms with E-state index in [1.54, 1.807) is 0 Å². The Hall–Kier alpha value is -1.98. The molecule has 1 aliphatic rings. The fourth-order valence-corrected chi connectivity index (χ4v) is 1.92. The van der Waals surface area contributed by atoms with Crippen LogP contribution in [0.4, 0.5) is 0 Å². The van der Waals surface area contributed by atoms with Crippen LogP contribution in [0.5, 0.6) is 0 Å². The van der Waals surface area contributed by atoms with Crippen LogP contribution in [0.3, 0.4) is 0 Å². The summed E-state index contributed by atoms with van der Waals surface area (Å²) in [7, 11) is 0. The van der Waals surface area contributed by atoms with Crippen molar-refractivity contribution in [3.63, 3.8) is 0 Å². The first-order chi connectivity index (χ1) is 9.31. The molecular formula is C13H13ClN4O. The van der Waals surface area contributed by atoms with Crippen LogP contribution < -0.4 is 16.2 Å². The summed E-state index contributed by atoms with van der Waals surface area (Å²) in [5.74, 6) is 2.40. The third kappa shape index (κ3) is 2.89. The zero-order valence-corrected chi connectivity index (χ0v) is 10.9. The Bertz CT molecular complexity index is 591. The van der Waals surface area contributed by atoms with Gasteiger partial charge in [0, 0.05) is 10.6 Å². The van der Waals surface area contributed by atoms with Crippen molar-refractivity contribution in [2.24, 2.45) is 4.99 Å². The van der Waals surface area contributed by atoms with E-state index in [0.29, 0.717) is 13.2 Å². The largest absolute Gasteiger partial charge is 0.459 e. The van der Waals surface area contributed by atoms with Gasteiger partial charge in [0.1, 0.15) is 18.2 Å². The molecule has 0 fully saturated rings. The number of furan rings is 1. The SMILES string of the molecule is Clc1ccc(-c2ccc(CNC3=NCNN3)o2)cc1. The number of hydrazine groups is 1. The molecule has 98 valence electrons. The van der Waals surface area contributed by atoms with E-state index in [-0.39, 0.29) is 0 Å². The highest BCUT2D eigenvalue weighted by molar-refractivity contribution is 6.30. The van der Waals surface area contributed by atoms with E-state index in [1.807, 2.05) is 36.4 Å². The summed E-state index contributed by atoms with van der Waals surface area (Å²) in [6, 6.07) is 11.5. The first kappa shape index (κ1) is 12.1. The normalized spacial score (nSPS) is 14.1. The van der Waals surface area contributed by atoms with Crippen molar-refractivity contribution in [3.05, 3.63) is 47.2 Å². The van der Waals surface area contributed by atoms with E-state index in [9.17, 15) is 0 Å². The Kier molecular flexibility index (Phi) is 3.39. The number of nitrogens with one attached hydrogen (secondary N) is 3. The highest BCUT2D eigenvalue weighted by Crippen LogP contribution is 2.23. The Labute approximate surface area is 115 Å². The summed E-state index contributed by atoms with van der Waals surface area (Å²) in [5.41, 5.74) is 6.80. The monoisotopic (exact) mass is 276 g/mol. The van der Waals surface area contributed by atoms with E-state index >= 15 is 0 Å². The van der Waals surface area contributed by atoms with Crippen molar-refractivity contribution in [3.8, 4) is 11.3 Å². The van der Waals surface area contributed by atoms with Gasteiger partial charge in [0.2, 0.25) is 5.96 Å². The molecule has 0 saturated carbocycles. The second-order valence-electron chi connectivity index (χ2n) is 4.09. The van der Waals surface area contributed by atoms with E-state index in [0.717, 1.165) is 28.1 Å². The van der Waals surface area contributed by atoms with Crippen LogP contribution in [0.2, 0.25) is 5.02 Å². The fraction of sp³-hybridized carbons (Fsp3) is 0.154. The Balaban J connectivity index is 1.67. The van der Waals surface area contributed by atoms with Gasteiger partial charge in [-0.25, -0.2) is 10.4 Å². The van der Waals surface area contributed by atoms with Gasteiger partial charge in [0.15, 0.2) is 0 Å². The van der Waals surface area contributed by atoms with Gasteiger partial charge in [-0.3, -0.25) is 5.43 Å². The summed E-state index contributed by atoms with van der Waals surface area (Å²) < 4.78 is 5.76. The lowest BCUT2D eigenvalue weighted by Gasteiger charge is -2.03. The molecule has 1 aromatic heterocycles. The predicted molar refractivity (Wildman–Crippen MR) is 74.6 cm³/mol. The minimum Gasteiger partial charge on any atom is -0.459 e. The lowest BCUT2D eigenvalue weighted by Crippen LogP contribution is -2.38. The number of benzene rings is 1. The topological polar surface area (TPSA) is 61.6 Å². The summed E-state index contributed by atoms with van der Waals surface area (Å²) >= 11 is 5.86. The summed E-state index contributed by atoms with van der Waals surface area (Å²) in [6.45, 7) is 1.16. The van der Waals surface area contributed by atoms with Gasteiger partial charge in [-0.05, 0) is 36.4 Å². The maximum absolute atomic E-state index is 5.86. The number of rotatable bonds is 3. The molecule has 0 aliphatic carbocycles. The molecule has 0 unspecified atom stereocenters. The molecule has 3 rings (SSSR count). The van der Waals surface area contributed by atoms with Gasteiger partial charge in [0.25, 0.3) is 0 Å². The van der Waals surface area contributed by atoms with Crippen LogP contribution >= 0.6 is 11.6 Å². The van der Waals surface area contributed by atoms with E-state index < -0.39 is 0 Å². The smallest absolute Gasteiger partial charge is 0.207 e. The molecule has 19 heavy (non-hydrogen) atoms. The number of guanidine groups is 1. The van der Waals surface area contributed by atoms with Gasteiger partial charge in [0.05, 0.1) is 6.54 Å². The quantitative estimate of drug-likeness (QED) is 0.804. The molecule has 0 spiro atoms. The van der Waals surface area contributed by atoms with Crippen LogP contribution in [0, 0.1) is 0 Å². The summed E-state index contributed by atoms with van der Waals surface area (Å²) in [5, 5.41) is 3.85. The van der Waals surface area contributed by atoms with Crippen LogP contribution in [0.25, 0.3) is 11.3 Å². The van der Waals surface area contributed by atoms with Crippen molar-refractivity contribution in [2.45, 2.75) is 6.54 Å². The number of hydrogen-bond donors (Lipinski definition) is 3. The van der Waals surface area contributed by atoms with Gasteiger partial charge >= 0.3 is 0 Å². The fourth-order valence-electron chi connectivity index (χ4n) is 1.79. The standard InChI is InChI=1S/C13H13ClN4O/c14-10-3-1-9(2-4-10)12-6-5-11(19-12)7-15-13-16-8-17-18-13/h1-6,17H,7-8H2,(H2,15,16,18). The van der Waals surface area contributed by atoms with Gasteiger partial charge < -0.3 is 9.73 Å². The van der Waals surface area contributed by atoms with E-state index in [2.05, 4.69) is 21.2 Å². The maximum atomic E-state index is 5.86. The Morgan fingerprint density at radius 1 is 1.21 bits per heavy atom. The third-order valence-corrected chi connectivity index (χ3v) is 3.00. The Morgan fingerprint density at radius 3 is 2.79 bits per heavy atom. The third-order valence-electron chi connectivity index (χ3n) is 2.74. The molecule has 6 heteroatoms. The first-order valence-electron chi connectivity index (χ1n) is 5.93. The molecule has 0 amide bonds. The molecule has 3 N–H and O–H groups in total. The first-order valence-corrected chi connectivity index (χ1v) is 6.31. The van der Waals surface area contributed by atoms with Gasteiger partial charge in [-0.2, -0.15) is 0 Å². The highest BCUT2D eigenvalue weighted by atomic mass is 35.5. The molecule has 0 atom stereocenters. The van der Waals surface area contributed by atoms with Gasteiger partial charge in [-0.1, -0.05) is 11.6 Å². The van der Waals surface area contributed by atoms with Crippen molar-refractivity contribution in [1.82, 2.24) is 16.2 Å². The van der Waals surface area contributed by atoms with Crippen LogP contribution in [-0.4, -0.2) is 12.6 Å². The predicted octanol–water partition coefficient (Wildman–Crippen LogP) is 2.11. The average molecular weight is 277 g/mol. The molecule has 0 saturated heterocycles. The van der Waals surface area contributed by atoms with Crippen molar-refractivity contribution < 1.29 is 4.42 Å². The number of hydrogen-bond acceptors (Lipinski definition) is 5. The second-order valence-corrected chi connectivity index (χ2v) is 4.53. The number of aliphatic imine (C=N–C) groups is 1. The lowest BCUT2D eigenvalue weighted by molar-refractivity contribution is 0.514. The molecule has 0 bridgehead atoms. The minimum absolute atomic E-state index is 0.580. The molecule has 2 aromatic rings. The average Bonchev–Trinajstić information content (AvgIpc) is 3.09. The molecule has 5 nitrogen and oxygen atoms in total. The zero-order valence-electron chi connectivity index (χ0n) is 10.1. The summed E-state index contributed by atoms with van der Waals surface area (Å²) in [6.07, 6.45) is 0. The molecular weight excluding hydrogens is 264 g/mol. The molecule has 2 heterocycles. The van der Waals surface area contributed by atoms with E-state index in [1.165, 1.54) is 0 Å². The Morgan fingerprint density at radius 2 is 2.05 bits per heavy atom.